The highest BCUT2D eigenvalue weighted by molar-refractivity contribution is 7.07. The molecular formula is C20H23N5O3S. The van der Waals surface area contributed by atoms with Gasteiger partial charge in [-0.25, -0.2) is 0 Å². The summed E-state index contributed by atoms with van der Waals surface area (Å²) >= 11 is 1.16. The fourth-order valence-corrected chi connectivity index (χ4v) is 4.11. The largest absolute Gasteiger partial charge is 0.493 e. The van der Waals surface area contributed by atoms with Crippen LogP contribution in [-0.4, -0.2) is 57.4 Å². The number of amides is 1. The van der Waals surface area contributed by atoms with Gasteiger partial charge < -0.3 is 14.4 Å². The van der Waals surface area contributed by atoms with E-state index in [1.807, 2.05) is 36.1 Å². The molecule has 0 saturated carbocycles. The van der Waals surface area contributed by atoms with Gasteiger partial charge in [-0.15, -0.1) is 5.10 Å². The molecule has 1 aliphatic rings. The van der Waals surface area contributed by atoms with Crippen LogP contribution in [0.1, 0.15) is 39.1 Å². The maximum absolute atomic E-state index is 12.6. The zero-order valence-electron chi connectivity index (χ0n) is 16.4. The van der Waals surface area contributed by atoms with Gasteiger partial charge in [0.1, 0.15) is 4.88 Å². The van der Waals surface area contributed by atoms with Crippen molar-refractivity contribution < 1.29 is 14.3 Å². The Morgan fingerprint density at radius 3 is 2.93 bits per heavy atom. The molecule has 0 aliphatic carbocycles. The Morgan fingerprint density at radius 1 is 1.34 bits per heavy atom. The molecule has 9 heteroatoms. The first-order valence-corrected chi connectivity index (χ1v) is 10.3. The smallest absolute Gasteiger partial charge is 0.267 e. The number of methoxy groups -OCH3 is 1. The highest BCUT2D eigenvalue weighted by Crippen LogP contribution is 2.29. The Balaban J connectivity index is 1.31. The Labute approximate surface area is 173 Å². The fraction of sp³-hybridized carbons (Fsp3) is 0.400. The first-order chi connectivity index (χ1) is 14.2. The van der Waals surface area contributed by atoms with E-state index in [0.29, 0.717) is 30.1 Å². The molecule has 0 radical (unpaired) electrons. The molecule has 1 unspecified atom stereocenters. The van der Waals surface area contributed by atoms with E-state index in [1.54, 1.807) is 7.11 Å². The maximum atomic E-state index is 12.6. The third-order valence-corrected chi connectivity index (χ3v) is 5.90. The number of H-pyrrole nitrogens is 1. The molecule has 3 aromatic rings. The van der Waals surface area contributed by atoms with E-state index in [2.05, 4.69) is 25.9 Å². The summed E-state index contributed by atoms with van der Waals surface area (Å²) in [6.07, 6.45) is 1.62. The molecule has 1 saturated heterocycles. The second-order valence-corrected chi connectivity index (χ2v) is 7.75. The van der Waals surface area contributed by atoms with Gasteiger partial charge in [0.2, 0.25) is 0 Å². The van der Waals surface area contributed by atoms with Gasteiger partial charge in [0, 0.05) is 31.1 Å². The summed E-state index contributed by atoms with van der Waals surface area (Å²) < 4.78 is 15.0. The third-order valence-electron chi connectivity index (χ3n) is 5.09. The molecule has 2 aromatic heterocycles. The lowest BCUT2D eigenvalue weighted by molar-refractivity contribution is 0.0794. The van der Waals surface area contributed by atoms with Gasteiger partial charge >= 0.3 is 0 Å². The predicted molar refractivity (Wildman–Crippen MR) is 109 cm³/mol. The van der Waals surface area contributed by atoms with E-state index in [4.69, 9.17) is 9.47 Å². The Hall–Kier alpha value is -2.94. The lowest BCUT2D eigenvalue weighted by Gasteiger charge is -2.14. The van der Waals surface area contributed by atoms with Crippen molar-refractivity contribution in [1.29, 1.82) is 0 Å². The number of benzene rings is 1. The number of likely N-dealkylation sites (tertiary alicyclic amines) is 1. The van der Waals surface area contributed by atoms with Crippen molar-refractivity contribution in [3.05, 3.63) is 52.3 Å². The van der Waals surface area contributed by atoms with Crippen LogP contribution in [0.3, 0.4) is 0 Å². The number of para-hydroxylation sites is 2. The number of carbonyl (C=O) groups excluding carboxylic acids is 1. The van der Waals surface area contributed by atoms with E-state index in [9.17, 15) is 4.79 Å². The van der Waals surface area contributed by atoms with Crippen molar-refractivity contribution >= 4 is 17.4 Å². The number of nitrogens with zero attached hydrogens (tertiary/aromatic N) is 4. The second kappa shape index (κ2) is 8.60. The Kier molecular flexibility index (Phi) is 5.75. The molecule has 29 heavy (non-hydrogen) atoms. The van der Waals surface area contributed by atoms with E-state index >= 15 is 0 Å². The number of aromatic amines is 1. The number of nitrogens with one attached hydrogen (secondary N) is 1. The van der Waals surface area contributed by atoms with Crippen LogP contribution in [-0.2, 0) is 6.42 Å². The topological polar surface area (TPSA) is 93.2 Å². The van der Waals surface area contributed by atoms with Gasteiger partial charge in [0.15, 0.2) is 11.5 Å². The molecule has 0 spiro atoms. The molecule has 1 aromatic carbocycles. The average molecular weight is 414 g/mol. The van der Waals surface area contributed by atoms with Gasteiger partial charge in [0.25, 0.3) is 5.91 Å². The summed E-state index contributed by atoms with van der Waals surface area (Å²) in [6, 6.07) is 9.67. The number of rotatable bonds is 7. The van der Waals surface area contributed by atoms with Crippen molar-refractivity contribution in [3.63, 3.8) is 0 Å². The van der Waals surface area contributed by atoms with Crippen molar-refractivity contribution in [2.45, 2.75) is 25.7 Å². The summed E-state index contributed by atoms with van der Waals surface area (Å²) in [5, 5.41) is 11.5. The fourth-order valence-electron chi connectivity index (χ4n) is 3.48. The van der Waals surface area contributed by atoms with Crippen molar-refractivity contribution in [2.24, 2.45) is 0 Å². The average Bonchev–Trinajstić information content (AvgIpc) is 3.48. The van der Waals surface area contributed by atoms with E-state index < -0.39 is 0 Å². The summed E-state index contributed by atoms with van der Waals surface area (Å²) in [7, 11) is 1.63. The SMILES string of the molecule is COc1ccccc1OCCc1cc(C2CCN(C(=O)c3snnc3C)C2)n[nH]1. The van der Waals surface area contributed by atoms with Gasteiger partial charge in [-0.05, 0) is 43.1 Å². The first kappa shape index (κ1) is 19.4. The first-order valence-electron chi connectivity index (χ1n) is 9.54. The van der Waals surface area contributed by atoms with E-state index in [-0.39, 0.29) is 11.8 Å². The van der Waals surface area contributed by atoms with Crippen molar-refractivity contribution in [2.75, 3.05) is 26.8 Å². The normalized spacial score (nSPS) is 16.2. The summed E-state index contributed by atoms with van der Waals surface area (Å²) in [4.78, 5) is 15.1. The summed E-state index contributed by atoms with van der Waals surface area (Å²) in [5.41, 5.74) is 2.70. The van der Waals surface area contributed by atoms with Crippen LogP contribution in [0.25, 0.3) is 0 Å². The molecule has 3 heterocycles. The molecular weight excluding hydrogens is 390 g/mol. The molecule has 0 bridgehead atoms. The van der Waals surface area contributed by atoms with Crippen LogP contribution in [0.5, 0.6) is 11.5 Å². The third kappa shape index (κ3) is 4.24. The monoisotopic (exact) mass is 413 g/mol. The van der Waals surface area contributed by atoms with Gasteiger partial charge in [-0.3, -0.25) is 9.89 Å². The highest BCUT2D eigenvalue weighted by atomic mass is 32.1. The summed E-state index contributed by atoms with van der Waals surface area (Å²) in [5.74, 6) is 1.70. The Morgan fingerprint density at radius 2 is 2.17 bits per heavy atom. The van der Waals surface area contributed by atoms with E-state index in [0.717, 1.165) is 47.4 Å². The molecule has 8 nitrogen and oxygen atoms in total. The lowest BCUT2D eigenvalue weighted by Crippen LogP contribution is -2.28. The number of hydrogen-bond donors (Lipinski definition) is 1. The van der Waals surface area contributed by atoms with Crippen LogP contribution >= 0.6 is 11.5 Å². The lowest BCUT2D eigenvalue weighted by atomic mass is 10.0. The van der Waals surface area contributed by atoms with Gasteiger partial charge in [-0.1, -0.05) is 16.6 Å². The van der Waals surface area contributed by atoms with Gasteiger partial charge in [0.05, 0.1) is 25.1 Å². The van der Waals surface area contributed by atoms with Crippen molar-refractivity contribution in [3.8, 4) is 11.5 Å². The van der Waals surface area contributed by atoms with Crippen molar-refractivity contribution in [1.82, 2.24) is 24.7 Å². The molecule has 1 fully saturated rings. The number of carbonyl (C=O) groups is 1. The second-order valence-electron chi connectivity index (χ2n) is 6.99. The zero-order chi connectivity index (χ0) is 20.2. The van der Waals surface area contributed by atoms with Gasteiger partial charge in [-0.2, -0.15) is 5.10 Å². The standard InChI is InChI=1S/C20H23N5O3S/c1-13-19(29-24-21-13)20(26)25-9-7-14(12-25)16-11-15(22-23-16)8-10-28-18-6-4-3-5-17(18)27-2/h3-6,11,14H,7-10,12H2,1-2H3,(H,22,23). The maximum Gasteiger partial charge on any atom is 0.267 e. The van der Waals surface area contributed by atoms with Crippen LogP contribution in [0, 0.1) is 6.92 Å². The molecule has 1 atom stereocenters. The highest BCUT2D eigenvalue weighted by Gasteiger charge is 2.31. The minimum atomic E-state index is 0.0148. The quantitative estimate of drug-likeness (QED) is 0.640. The summed E-state index contributed by atoms with van der Waals surface area (Å²) in [6.45, 7) is 3.73. The number of hydrogen-bond acceptors (Lipinski definition) is 7. The number of aromatic nitrogens is 4. The number of aryl methyl sites for hydroxylation is 1. The van der Waals surface area contributed by atoms with E-state index in [1.165, 1.54) is 0 Å². The predicted octanol–water partition coefficient (Wildman–Crippen LogP) is 2.83. The minimum Gasteiger partial charge on any atom is -0.493 e. The van der Waals surface area contributed by atoms with Crippen LogP contribution in [0.2, 0.25) is 0 Å². The molecule has 1 aliphatic heterocycles. The minimum absolute atomic E-state index is 0.0148. The van der Waals surface area contributed by atoms with Crippen LogP contribution in [0.15, 0.2) is 30.3 Å². The molecule has 1 amide bonds. The molecule has 4 rings (SSSR count). The molecule has 152 valence electrons. The zero-order valence-corrected chi connectivity index (χ0v) is 17.2. The number of ether oxygens (including phenoxy) is 2. The Bertz CT molecular complexity index is 986. The van der Waals surface area contributed by atoms with Crippen LogP contribution in [0.4, 0.5) is 0 Å². The molecule has 1 N–H and O–H groups in total. The van der Waals surface area contributed by atoms with Crippen LogP contribution < -0.4 is 9.47 Å².